The molecule has 1 aliphatic heterocycles. The van der Waals surface area contributed by atoms with Crippen LogP contribution in [0.15, 0.2) is 11.8 Å². The molecule has 2 amide bonds. The highest BCUT2D eigenvalue weighted by atomic mass is 16.5. The zero-order valence-corrected chi connectivity index (χ0v) is 14.2. The minimum absolute atomic E-state index is 0.0294. The van der Waals surface area contributed by atoms with E-state index in [9.17, 15) is 9.59 Å². The Morgan fingerprint density at radius 2 is 2.22 bits per heavy atom. The molecule has 5 nitrogen and oxygen atoms in total. The SMILES string of the molecule is C#CCCCC[C@@H](C)C(=O)NCCCC[C@@H]1NC(=O)C=C1OC. The number of hydrogen-bond acceptors (Lipinski definition) is 3. The average Bonchev–Trinajstić information content (AvgIpc) is 2.90. The van der Waals surface area contributed by atoms with Gasteiger partial charge in [-0.2, -0.15) is 0 Å². The van der Waals surface area contributed by atoms with Crippen molar-refractivity contribution >= 4 is 11.8 Å². The van der Waals surface area contributed by atoms with Crippen molar-refractivity contribution in [2.75, 3.05) is 13.7 Å². The van der Waals surface area contributed by atoms with Gasteiger partial charge in [-0.3, -0.25) is 9.59 Å². The van der Waals surface area contributed by atoms with Crippen LogP contribution in [0.1, 0.15) is 51.9 Å². The summed E-state index contributed by atoms with van der Waals surface area (Å²) in [5, 5.41) is 5.82. The van der Waals surface area contributed by atoms with E-state index in [0.29, 0.717) is 12.3 Å². The average molecular weight is 320 g/mol. The maximum atomic E-state index is 11.9. The maximum Gasteiger partial charge on any atom is 0.248 e. The van der Waals surface area contributed by atoms with Crippen molar-refractivity contribution in [3.8, 4) is 12.3 Å². The minimum Gasteiger partial charge on any atom is -0.499 e. The predicted octanol–water partition coefficient (Wildman–Crippen LogP) is 2.13. The zero-order valence-electron chi connectivity index (χ0n) is 14.2. The minimum atomic E-state index is -0.0983. The van der Waals surface area contributed by atoms with Gasteiger partial charge in [-0.15, -0.1) is 12.3 Å². The molecule has 0 aromatic carbocycles. The summed E-state index contributed by atoms with van der Waals surface area (Å²) in [7, 11) is 1.57. The van der Waals surface area contributed by atoms with Gasteiger partial charge in [0, 0.05) is 25.0 Å². The van der Waals surface area contributed by atoms with E-state index in [0.717, 1.165) is 44.9 Å². The lowest BCUT2D eigenvalue weighted by atomic mass is 10.0. The van der Waals surface area contributed by atoms with Gasteiger partial charge in [0.25, 0.3) is 0 Å². The summed E-state index contributed by atoms with van der Waals surface area (Å²) in [4.78, 5) is 23.2. The molecule has 0 aromatic heterocycles. The number of amides is 2. The van der Waals surface area contributed by atoms with Gasteiger partial charge >= 0.3 is 0 Å². The summed E-state index contributed by atoms with van der Waals surface area (Å²) < 4.78 is 5.17. The molecule has 0 spiro atoms. The Bertz CT molecular complexity index is 465. The van der Waals surface area contributed by atoms with Crippen molar-refractivity contribution < 1.29 is 14.3 Å². The third-order valence-electron chi connectivity index (χ3n) is 4.04. The Morgan fingerprint density at radius 3 is 2.91 bits per heavy atom. The molecular weight excluding hydrogens is 292 g/mol. The molecule has 0 radical (unpaired) electrons. The number of ether oxygens (including phenoxy) is 1. The van der Waals surface area contributed by atoms with Gasteiger partial charge in [0.15, 0.2) is 0 Å². The fourth-order valence-electron chi connectivity index (χ4n) is 2.60. The molecule has 1 aliphatic rings. The first kappa shape index (κ1) is 19.1. The molecule has 0 bridgehead atoms. The van der Waals surface area contributed by atoms with E-state index in [-0.39, 0.29) is 23.8 Å². The number of carbonyl (C=O) groups is 2. The second-order valence-electron chi connectivity index (χ2n) is 5.95. The van der Waals surface area contributed by atoms with E-state index in [1.807, 2.05) is 6.92 Å². The highest BCUT2D eigenvalue weighted by molar-refractivity contribution is 5.91. The number of carbonyl (C=O) groups excluding carboxylic acids is 2. The Morgan fingerprint density at radius 1 is 1.43 bits per heavy atom. The third-order valence-corrected chi connectivity index (χ3v) is 4.04. The Kier molecular flexibility index (Phi) is 8.89. The number of terminal acetylenes is 1. The number of methoxy groups -OCH3 is 1. The third kappa shape index (κ3) is 7.23. The van der Waals surface area contributed by atoms with Gasteiger partial charge in [0.05, 0.1) is 13.2 Å². The van der Waals surface area contributed by atoms with Gasteiger partial charge < -0.3 is 15.4 Å². The molecule has 0 saturated heterocycles. The van der Waals surface area contributed by atoms with Gasteiger partial charge in [0.1, 0.15) is 5.76 Å². The van der Waals surface area contributed by atoms with Crippen molar-refractivity contribution in [3.05, 3.63) is 11.8 Å². The Hall–Kier alpha value is -1.96. The largest absolute Gasteiger partial charge is 0.499 e. The van der Waals surface area contributed by atoms with Crippen LogP contribution in [0.3, 0.4) is 0 Å². The Balaban J connectivity index is 2.08. The zero-order chi connectivity index (χ0) is 17.1. The Labute approximate surface area is 139 Å². The quantitative estimate of drug-likeness (QED) is 0.453. The van der Waals surface area contributed by atoms with Crippen molar-refractivity contribution in [1.29, 1.82) is 0 Å². The molecule has 2 atom stereocenters. The van der Waals surface area contributed by atoms with Crippen LogP contribution in [0.4, 0.5) is 0 Å². The van der Waals surface area contributed by atoms with Crippen LogP contribution < -0.4 is 10.6 Å². The first-order chi connectivity index (χ1) is 11.1. The van der Waals surface area contributed by atoms with E-state index >= 15 is 0 Å². The van der Waals surface area contributed by atoms with Crippen molar-refractivity contribution in [2.24, 2.45) is 5.92 Å². The molecule has 128 valence electrons. The lowest BCUT2D eigenvalue weighted by Gasteiger charge is -2.15. The fraction of sp³-hybridized carbons (Fsp3) is 0.667. The fourth-order valence-corrected chi connectivity index (χ4v) is 2.60. The van der Waals surface area contributed by atoms with Crippen molar-refractivity contribution in [1.82, 2.24) is 10.6 Å². The van der Waals surface area contributed by atoms with Crippen LogP contribution in [0.25, 0.3) is 0 Å². The maximum absolute atomic E-state index is 11.9. The molecule has 0 aliphatic carbocycles. The molecule has 23 heavy (non-hydrogen) atoms. The van der Waals surface area contributed by atoms with Crippen LogP contribution in [0.5, 0.6) is 0 Å². The summed E-state index contributed by atoms with van der Waals surface area (Å²) >= 11 is 0. The van der Waals surface area contributed by atoms with E-state index in [1.54, 1.807) is 7.11 Å². The molecule has 0 aromatic rings. The first-order valence-corrected chi connectivity index (χ1v) is 8.35. The lowest BCUT2D eigenvalue weighted by molar-refractivity contribution is -0.124. The summed E-state index contributed by atoms with van der Waals surface area (Å²) in [6.07, 6.45) is 13.0. The van der Waals surface area contributed by atoms with E-state index in [2.05, 4.69) is 16.6 Å². The summed E-state index contributed by atoms with van der Waals surface area (Å²) in [6.45, 7) is 2.62. The van der Waals surface area contributed by atoms with Crippen molar-refractivity contribution in [3.63, 3.8) is 0 Å². The standard InChI is InChI=1S/C18H28N2O3/c1-4-5-6-7-10-14(2)18(22)19-12-9-8-11-15-16(23-3)13-17(21)20-15/h1,13-15H,5-12H2,2-3H3,(H,19,22)(H,20,21)/t14-,15+/m1/s1. The summed E-state index contributed by atoms with van der Waals surface area (Å²) in [6, 6.07) is -0.0294. The molecule has 0 fully saturated rings. The highest BCUT2D eigenvalue weighted by Gasteiger charge is 2.23. The van der Waals surface area contributed by atoms with Crippen LogP contribution in [0.2, 0.25) is 0 Å². The van der Waals surface area contributed by atoms with Gasteiger partial charge in [-0.05, 0) is 32.1 Å². The van der Waals surface area contributed by atoms with Crippen molar-refractivity contribution in [2.45, 2.75) is 57.9 Å². The van der Waals surface area contributed by atoms with Crippen LogP contribution >= 0.6 is 0 Å². The smallest absolute Gasteiger partial charge is 0.248 e. The monoisotopic (exact) mass is 320 g/mol. The lowest BCUT2D eigenvalue weighted by Crippen LogP contribution is -2.31. The van der Waals surface area contributed by atoms with Crippen LogP contribution in [-0.2, 0) is 14.3 Å². The van der Waals surface area contributed by atoms with E-state index in [4.69, 9.17) is 11.2 Å². The molecule has 1 heterocycles. The van der Waals surface area contributed by atoms with Crippen LogP contribution in [0, 0.1) is 18.3 Å². The molecule has 5 heteroatoms. The number of hydrogen-bond donors (Lipinski definition) is 2. The molecule has 1 rings (SSSR count). The van der Waals surface area contributed by atoms with E-state index < -0.39 is 0 Å². The second kappa shape index (κ2) is 10.7. The first-order valence-electron chi connectivity index (χ1n) is 8.35. The van der Waals surface area contributed by atoms with Gasteiger partial charge in [-0.25, -0.2) is 0 Å². The summed E-state index contributed by atoms with van der Waals surface area (Å²) in [5.74, 6) is 3.35. The molecular formula is C18H28N2O3. The number of unbranched alkanes of at least 4 members (excludes halogenated alkanes) is 3. The predicted molar refractivity (Wildman–Crippen MR) is 90.3 cm³/mol. The van der Waals surface area contributed by atoms with Crippen LogP contribution in [-0.4, -0.2) is 31.5 Å². The number of nitrogens with one attached hydrogen (secondary N) is 2. The van der Waals surface area contributed by atoms with E-state index in [1.165, 1.54) is 6.08 Å². The second-order valence-corrected chi connectivity index (χ2v) is 5.95. The molecule has 2 N–H and O–H groups in total. The highest BCUT2D eigenvalue weighted by Crippen LogP contribution is 2.15. The number of rotatable bonds is 11. The topological polar surface area (TPSA) is 67.4 Å². The van der Waals surface area contributed by atoms with Gasteiger partial charge in [-0.1, -0.05) is 13.3 Å². The normalized spacial score (nSPS) is 17.9. The van der Waals surface area contributed by atoms with Gasteiger partial charge in [0.2, 0.25) is 11.8 Å². The summed E-state index contributed by atoms with van der Waals surface area (Å²) in [5.41, 5.74) is 0. The molecule has 0 saturated carbocycles. The molecule has 0 unspecified atom stereocenters.